The third-order valence-corrected chi connectivity index (χ3v) is 2.69. The molecule has 0 atom stereocenters. The summed E-state index contributed by atoms with van der Waals surface area (Å²) >= 11 is 0. The van der Waals surface area contributed by atoms with Crippen molar-refractivity contribution in [2.45, 2.75) is 0 Å². The Bertz CT molecular complexity index is 671. The van der Waals surface area contributed by atoms with Crippen molar-refractivity contribution in [3.05, 3.63) is 36.4 Å². The van der Waals surface area contributed by atoms with E-state index in [-0.39, 0.29) is 6.61 Å². The first-order valence-electron chi connectivity index (χ1n) is 6.10. The molecule has 0 bridgehead atoms. The van der Waals surface area contributed by atoms with E-state index in [0.717, 1.165) is 10.8 Å². The number of carboxylic acid groups (broad SMARTS) is 1. The zero-order chi connectivity index (χ0) is 15.2. The quantitative estimate of drug-likeness (QED) is 0.410. The maximum Gasteiger partial charge on any atom is 0.341 e. The summed E-state index contributed by atoms with van der Waals surface area (Å²) in [5.74, 6) is 4.48. The van der Waals surface area contributed by atoms with Crippen LogP contribution in [0.4, 0.5) is 0 Å². The molecule has 0 radical (unpaired) electrons. The van der Waals surface area contributed by atoms with Gasteiger partial charge >= 0.3 is 5.97 Å². The number of fused-ring (bicyclic) bond motifs is 1. The van der Waals surface area contributed by atoms with Crippen LogP contribution in [0.3, 0.4) is 0 Å². The van der Waals surface area contributed by atoms with Crippen molar-refractivity contribution in [1.29, 1.82) is 0 Å². The minimum Gasteiger partial charge on any atom is -0.483 e. The molecule has 1 amide bonds. The lowest BCUT2D eigenvalue weighted by Crippen LogP contribution is -2.34. The fourth-order valence-corrected chi connectivity index (χ4v) is 1.78. The molecule has 21 heavy (non-hydrogen) atoms. The van der Waals surface area contributed by atoms with Gasteiger partial charge in [-0.05, 0) is 29.7 Å². The Morgan fingerprint density at radius 2 is 1.95 bits per heavy atom. The smallest absolute Gasteiger partial charge is 0.341 e. The number of carbonyl (C=O) groups is 2. The maximum atomic E-state index is 11.1. The van der Waals surface area contributed by atoms with Crippen LogP contribution in [0, 0.1) is 0 Å². The SMILES string of the molecule is NNC(=O)COc1cccc2cc(OCC(=O)O)ccc12. The van der Waals surface area contributed by atoms with Crippen LogP contribution in [0.2, 0.25) is 0 Å². The monoisotopic (exact) mass is 290 g/mol. The fraction of sp³-hybridized carbons (Fsp3) is 0.143. The van der Waals surface area contributed by atoms with Crippen molar-refractivity contribution in [3.63, 3.8) is 0 Å². The van der Waals surface area contributed by atoms with Crippen LogP contribution in [0.25, 0.3) is 10.8 Å². The van der Waals surface area contributed by atoms with Crippen LogP contribution < -0.4 is 20.7 Å². The Morgan fingerprint density at radius 1 is 1.14 bits per heavy atom. The zero-order valence-corrected chi connectivity index (χ0v) is 11.0. The van der Waals surface area contributed by atoms with Gasteiger partial charge in [0.1, 0.15) is 11.5 Å². The first-order chi connectivity index (χ1) is 10.1. The van der Waals surface area contributed by atoms with Crippen LogP contribution in [-0.4, -0.2) is 30.2 Å². The minimum absolute atomic E-state index is 0.188. The number of hydrazine groups is 1. The molecule has 0 aliphatic carbocycles. The van der Waals surface area contributed by atoms with E-state index in [1.165, 1.54) is 0 Å². The number of carboxylic acids is 1. The first-order valence-corrected chi connectivity index (χ1v) is 6.10. The average Bonchev–Trinajstić information content (AvgIpc) is 2.50. The highest BCUT2D eigenvalue weighted by Crippen LogP contribution is 2.28. The predicted molar refractivity (Wildman–Crippen MR) is 74.9 cm³/mol. The lowest BCUT2D eigenvalue weighted by atomic mass is 10.1. The van der Waals surface area contributed by atoms with Crippen molar-refractivity contribution in [3.8, 4) is 11.5 Å². The largest absolute Gasteiger partial charge is 0.483 e. The number of amides is 1. The molecule has 110 valence electrons. The number of rotatable bonds is 6. The lowest BCUT2D eigenvalue weighted by molar-refractivity contribution is -0.139. The lowest BCUT2D eigenvalue weighted by Gasteiger charge is -2.10. The molecule has 7 heteroatoms. The Labute approximate surface area is 120 Å². The third kappa shape index (κ3) is 3.83. The molecular formula is C14H14N2O5. The highest BCUT2D eigenvalue weighted by atomic mass is 16.5. The van der Waals surface area contributed by atoms with Crippen molar-refractivity contribution < 1.29 is 24.2 Å². The topological polar surface area (TPSA) is 111 Å². The summed E-state index contributed by atoms with van der Waals surface area (Å²) in [5, 5.41) is 10.2. The van der Waals surface area contributed by atoms with Gasteiger partial charge in [0, 0.05) is 5.39 Å². The Morgan fingerprint density at radius 3 is 2.67 bits per heavy atom. The number of nitrogens with one attached hydrogen (secondary N) is 1. The van der Waals surface area contributed by atoms with E-state index in [1.54, 1.807) is 30.3 Å². The van der Waals surface area contributed by atoms with E-state index in [9.17, 15) is 9.59 Å². The van der Waals surface area contributed by atoms with Crippen LogP contribution in [-0.2, 0) is 9.59 Å². The zero-order valence-electron chi connectivity index (χ0n) is 11.0. The number of hydrogen-bond donors (Lipinski definition) is 3. The van der Waals surface area contributed by atoms with E-state index < -0.39 is 18.5 Å². The summed E-state index contributed by atoms with van der Waals surface area (Å²) in [5.41, 5.74) is 1.98. The Hall–Kier alpha value is -2.80. The number of aliphatic carboxylic acids is 1. The normalized spacial score (nSPS) is 10.1. The molecule has 0 aromatic heterocycles. The summed E-state index contributed by atoms with van der Waals surface area (Å²) in [6.45, 7) is -0.592. The molecular weight excluding hydrogens is 276 g/mol. The highest BCUT2D eigenvalue weighted by molar-refractivity contribution is 5.90. The van der Waals surface area contributed by atoms with Crippen LogP contribution in [0.15, 0.2) is 36.4 Å². The second-order valence-electron chi connectivity index (χ2n) is 4.18. The molecule has 0 saturated carbocycles. The van der Waals surface area contributed by atoms with E-state index >= 15 is 0 Å². The highest BCUT2D eigenvalue weighted by Gasteiger charge is 2.06. The van der Waals surface area contributed by atoms with Crippen LogP contribution >= 0.6 is 0 Å². The summed E-state index contributed by atoms with van der Waals surface area (Å²) < 4.78 is 10.5. The number of nitrogens with two attached hydrogens (primary N) is 1. The summed E-state index contributed by atoms with van der Waals surface area (Å²) in [6, 6.07) is 10.4. The molecule has 0 heterocycles. The van der Waals surface area contributed by atoms with E-state index in [2.05, 4.69) is 0 Å². The third-order valence-electron chi connectivity index (χ3n) is 2.69. The molecule has 2 rings (SSSR count). The summed E-state index contributed by atoms with van der Waals surface area (Å²) in [6.07, 6.45) is 0. The number of benzene rings is 2. The van der Waals surface area contributed by atoms with Gasteiger partial charge in [0.05, 0.1) is 0 Å². The van der Waals surface area contributed by atoms with Gasteiger partial charge in [-0.1, -0.05) is 12.1 Å². The molecule has 0 aliphatic rings. The van der Waals surface area contributed by atoms with Crippen molar-refractivity contribution in [2.75, 3.05) is 13.2 Å². The summed E-state index contributed by atoms with van der Waals surface area (Å²) in [7, 11) is 0. The van der Waals surface area contributed by atoms with E-state index in [0.29, 0.717) is 11.5 Å². The second-order valence-corrected chi connectivity index (χ2v) is 4.18. The maximum absolute atomic E-state index is 11.1. The van der Waals surface area contributed by atoms with Crippen LogP contribution in [0.5, 0.6) is 11.5 Å². The molecule has 0 aliphatic heterocycles. The van der Waals surface area contributed by atoms with Gasteiger partial charge in [-0.15, -0.1) is 0 Å². The van der Waals surface area contributed by atoms with Crippen molar-refractivity contribution >= 4 is 22.6 Å². The van der Waals surface area contributed by atoms with Crippen molar-refractivity contribution in [1.82, 2.24) is 5.43 Å². The van der Waals surface area contributed by atoms with Crippen molar-refractivity contribution in [2.24, 2.45) is 5.84 Å². The van der Waals surface area contributed by atoms with E-state index in [1.807, 2.05) is 11.5 Å². The molecule has 2 aromatic rings. The fourth-order valence-electron chi connectivity index (χ4n) is 1.78. The van der Waals surface area contributed by atoms with Gasteiger partial charge in [-0.25, -0.2) is 10.6 Å². The molecule has 2 aromatic carbocycles. The predicted octanol–water partition coefficient (Wildman–Crippen LogP) is 0.672. The van der Waals surface area contributed by atoms with Gasteiger partial charge in [0.2, 0.25) is 0 Å². The van der Waals surface area contributed by atoms with E-state index in [4.69, 9.17) is 20.4 Å². The van der Waals surface area contributed by atoms with Gasteiger partial charge in [-0.3, -0.25) is 10.2 Å². The standard InChI is InChI=1S/C14H14N2O5/c15-16-13(17)7-21-12-3-1-2-9-6-10(4-5-11(9)12)20-8-14(18)19/h1-6H,7-8,15H2,(H,16,17)(H,18,19). The number of hydrogen-bond acceptors (Lipinski definition) is 5. The second kappa shape index (κ2) is 6.58. The first kappa shape index (κ1) is 14.6. The van der Waals surface area contributed by atoms with Gasteiger partial charge in [0.25, 0.3) is 5.91 Å². The number of ether oxygens (including phenoxy) is 2. The molecule has 0 unspecified atom stereocenters. The summed E-state index contributed by atoms with van der Waals surface area (Å²) in [4.78, 5) is 21.6. The number of carbonyl (C=O) groups excluding carboxylic acids is 1. The van der Waals surface area contributed by atoms with Gasteiger partial charge < -0.3 is 14.6 Å². The molecule has 7 nitrogen and oxygen atoms in total. The minimum atomic E-state index is -1.04. The average molecular weight is 290 g/mol. The van der Waals surface area contributed by atoms with Gasteiger partial charge in [-0.2, -0.15) is 0 Å². The molecule has 0 spiro atoms. The molecule has 0 saturated heterocycles. The van der Waals surface area contributed by atoms with Gasteiger partial charge in [0.15, 0.2) is 13.2 Å². The Balaban J connectivity index is 2.21. The Kier molecular flexibility index (Phi) is 4.57. The van der Waals surface area contributed by atoms with Crippen LogP contribution in [0.1, 0.15) is 0 Å². The molecule has 0 fully saturated rings. The molecule has 4 N–H and O–H groups in total.